The van der Waals surface area contributed by atoms with Gasteiger partial charge in [0.25, 0.3) is 5.91 Å². The highest BCUT2D eigenvalue weighted by Gasteiger charge is 2.31. The van der Waals surface area contributed by atoms with E-state index in [1.54, 1.807) is 7.11 Å². The second-order valence-corrected chi connectivity index (χ2v) is 8.96. The highest BCUT2D eigenvalue weighted by molar-refractivity contribution is 6.01. The lowest BCUT2D eigenvalue weighted by molar-refractivity contribution is 0.0636. The number of benzene rings is 3. The van der Waals surface area contributed by atoms with E-state index in [9.17, 15) is 4.79 Å². The maximum atomic E-state index is 14.2. The van der Waals surface area contributed by atoms with Crippen LogP contribution >= 0.6 is 0 Å². The zero-order valence-corrected chi connectivity index (χ0v) is 20.3. The van der Waals surface area contributed by atoms with Gasteiger partial charge in [-0.05, 0) is 48.7 Å². The zero-order chi connectivity index (χ0) is 24.2. The van der Waals surface area contributed by atoms with Crippen molar-refractivity contribution < 1.29 is 9.53 Å². The quantitative estimate of drug-likeness (QED) is 0.430. The Balaban J connectivity index is 1.56. The third kappa shape index (κ3) is 4.60. The summed E-state index contributed by atoms with van der Waals surface area (Å²) in [7, 11) is 1.70. The Morgan fingerprint density at radius 1 is 0.971 bits per heavy atom. The fourth-order valence-corrected chi connectivity index (χ4v) is 5.08. The molecule has 0 radical (unpaired) electrons. The van der Waals surface area contributed by atoms with Gasteiger partial charge >= 0.3 is 0 Å². The topological polar surface area (TPSA) is 46.5 Å². The van der Waals surface area contributed by atoms with E-state index in [4.69, 9.17) is 4.74 Å². The van der Waals surface area contributed by atoms with E-state index in [1.807, 2.05) is 65.6 Å². The molecule has 0 aliphatic carbocycles. The number of aryl methyl sites for hydroxylation is 1. The Bertz CT molecular complexity index is 1300. The van der Waals surface area contributed by atoms with Gasteiger partial charge in [0.2, 0.25) is 0 Å². The van der Waals surface area contributed by atoms with Gasteiger partial charge in [0.05, 0.1) is 18.4 Å². The first-order chi connectivity index (χ1) is 17.2. The molecule has 1 N–H and O–H groups in total. The standard InChI is InChI=1S/C30H31N3O2/c1-22-19-27(29(23-11-5-3-6-12-23)33(22)25-14-7-4-8-15-25)30(34)32-18-17-31-21-26(32)20-24-13-9-10-16-28(24)35-2/h3-16,19,26,31H,17-18,20-21H2,1-2H3. The Hall–Kier alpha value is -3.83. The van der Waals surface area contributed by atoms with E-state index in [0.717, 1.165) is 59.0 Å². The molecule has 1 aromatic heterocycles. The Morgan fingerprint density at radius 3 is 2.40 bits per heavy atom. The Kier molecular flexibility index (Phi) is 6.68. The minimum Gasteiger partial charge on any atom is -0.496 e. The van der Waals surface area contributed by atoms with Crippen molar-refractivity contribution in [1.82, 2.24) is 14.8 Å². The molecule has 1 aliphatic rings. The fraction of sp³-hybridized carbons (Fsp3) is 0.233. The minimum atomic E-state index is 0.0385. The highest BCUT2D eigenvalue weighted by Crippen LogP contribution is 2.32. The first-order valence-corrected chi connectivity index (χ1v) is 12.1. The molecule has 1 saturated heterocycles. The lowest BCUT2D eigenvalue weighted by Crippen LogP contribution is -2.54. The molecule has 2 heterocycles. The molecule has 35 heavy (non-hydrogen) atoms. The normalized spacial score (nSPS) is 15.7. The van der Waals surface area contributed by atoms with Gasteiger partial charge in [-0.15, -0.1) is 0 Å². The summed E-state index contributed by atoms with van der Waals surface area (Å²) in [6.45, 7) is 4.28. The maximum Gasteiger partial charge on any atom is 0.256 e. The number of carbonyl (C=O) groups excluding carboxylic acids is 1. The van der Waals surface area contributed by atoms with Crippen molar-refractivity contribution in [2.24, 2.45) is 0 Å². The largest absolute Gasteiger partial charge is 0.496 e. The molecule has 0 bridgehead atoms. The zero-order valence-electron chi connectivity index (χ0n) is 20.3. The van der Waals surface area contributed by atoms with Crippen molar-refractivity contribution in [1.29, 1.82) is 0 Å². The van der Waals surface area contributed by atoms with E-state index >= 15 is 0 Å². The number of hydrogen-bond donors (Lipinski definition) is 1. The molecule has 1 aliphatic heterocycles. The van der Waals surface area contributed by atoms with Gasteiger partial charge in [-0.1, -0.05) is 66.7 Å². The average molecular weight is 466 g/mol. The molecule has 5 nitrogen and oxygen atoms in total. The van der Waals surface area contributed by atoms with Crippen LogP contribution in [0.15, 0.2) is 91.0 Å². The summed E-state index contributed by atoms with van der Waals surface area (Å²) in [6, 6.07) is 30.6. The monoisotopic (exact) mass is 465 g/mol. The van der Waals surface area contributed by atoms with Crippen LogP contribution in [0.2, 0.25) is 0 Å². The summed E-state index contributed by atoms with van der Waals surface area (Å²) < 4.78 is 7.78. The summed E-state index contributed by atoms with van der Waals surface area (Å²) in [5.74, 6) is 0.935. The number of nitrogens with zero attached hydrogens (tertiary/aromatic N) is 2. The maximum absolute atomic E-state index is 14.2. The number of ether oxygens (including phenoxy) is 1. The molecule has 5 heteroatoms. The van der Waals surface area contributed by atoms with E-state index in [0.29, 0.717) is 6.54 Å². The van der Waals surface area contributed by atoms with E-state index in [-0.39, 0.29) is 11.9 Å². The summed E-state index contributed by atoms with van der Waals surface area (Å²) in [5.41, 5.74) is 5.91. The molecule has 3 aromatic carbocycles. The van der Waals surface area contributed by atoms with E-state index < -0.39 is 0 Å². The van der Waals surface area contributed by atoms with Crippen molar-refractivity contribution in [2.45, 2.75) is 19.4 Å². The van der Waals surface area contributed by atoms with Crippen LogP contribution in [-0.4, -0.2) is 48.2 Å². The van der Waals surface area contributed by atoms with Crippen molar-refractivity contribution in [3.8, 4) is 22.7 Å². The molecule has 5 rings (SSSR count). The SMILES string of the molecule is COc1ccccc1CC1CNCCN1C(=O)c1cc(C)n(-c2ccccc2)c1-c1ccccc1. The number of methoxy groups -OCH3 is 1. The van der Waals surface area contributed by atoms with Gasteiger partial charge in [0, 0.05) is 37.1 Å². The number of nitrogens with one attached hydrogen (secondary N) is 1. The van der Waals surface area contributed by atoms with Crippen molar-refractivity contribution in [3.63, 3.8) is 0 Å². The highest BCUT2D eigenvalue weighted by atomic mass is 16.5. The second kappa shape index (κ2) is 10.2. The first-order valence-electron chi connectivity index (χ1n) is 12.1. The molecular formula is C30H31N3O2. The van der Waals surface area contributed by atoms with Gasteiger partial charge in [0.15, 0.2) is 0 Å². The third-order valence-electron chi connectivity index (χ3n) is 6.74. The van der Waals surface area contributed by atoms with Crippen molar-refractivity contribution >= 4 is 5.91 Å². The van der Waals surface area contributed by atoms with Crippen molar-refractivity contribution in [2.75, 3.05) is 26.7 Å². The van der Waals surface area contributed by atoms with Gasteiger partial charge in [-0.2, -0.15) is 0 Å². The Morgan fingerprint density at radius 2 is 1.66 bits per heavy atom. The summed E-state index contributed by atoms with van der Waals surface area (Å²) >= 11 is 0. The molecule has 0 spiro atoms. The van der Waals surface area contributed by atoms with Crippen LogP contribution in [0.5, 0.6) is 5.75 Å². The first kappa shape index (κ1) is 22.9. The number of rotatable bonds is 6. The van der Waals surface area contributed by atoms with E-state index in [2.05, 4.69) is 47.1 Å². The van der Waals surface area contributed by atoms with Crippen LogP contribution < -0.4 is 10.1 Å². The third-order valence-corrected chi connectivity index (χ3v) is 6.74. The molecule has 1 fully saturated rings. The molecular weight excluding hydrogens is 434 g/mol. The lowest BCUT2D eigenvalue weighted by atomic mass is 10.00. The number of hydrogen-bond acceptors (Lipinski definition) is 3. The van der Waals surface area contributed by atoms with Gasteiger partial charge in [-0.3, -0.25) is 4.79 Å². The second-order valence-electron chi connectivity index (χ2n) is 8.96. The summed E-state index contributed by atoms with van der Waals surface area (Å²) in [5, 5.41) is 3.48. The van der Waals surface area contributed by atoms with Crippen LogP contribution in [0.3, 0.4) is 0 Å². The van der Waals surface area contributed by atoms with E-state index in [1.165, 1.54) is 0 Å². The Labute approximate surface area is 207 Å². The number of piperazine rings is 1. The van der Waals surface area contributed by atoms with Gasteiger partial charge in [-0.25, -0.2) is 0 Å². The molecule has 1 atom stereocenters. The predicted octanol–water partition coefficient (Wildman–Crippen LogP) is 5.12. The van der Waals surface area contributed by atoms with Crippen LogP contribution in [0.25, 0.3) is 16.9 Å². The predicted molar refractivity (Wildman–Crippen MR) is 140 cm³/mol. The minimum absolute atomic E-state index is 0.0385. The van der Waals surface area contributed by atoms with Crippen LogP contribution in [0.4, 0.5) is 0 Å². The van der Waals surface area contributed by atoms with Crippen LogP contribution in [-0.2, 0) is 6.42 Å². The fourth-order valence-electron chi connectivity index (χ4n) is 5.08. The smallest absolute Gasteiger partial charge is 0.256 e. The summed E-state index contributed by atoms with van der Waals surface area (Å²) in [4.78, 5) is 16.2. The van der Waals surface area contributed by atoms with Gasteiger partial charge in [0.1, 0.15) is 5.75 Å². The number of carbonyl (C=O) groups is 1. The number of aromatic nitrogens is 1. The molecule has 1 unspecified atom stereocenters. The summed E-state index contributed by atoms with van der Waals surface area (Å²) in [6.07, 6.45) is 0.738. The molecule has 1 amide bonds. The van der Waals surface area contributed by atoms with Crippen molar-refractivity contribution in [3.05, 3.63) is 108 Å². The van der Waals surface area contributed by atoms with Crippen LogP contribution in [0, 0.1) is 6.92 Å². The number of amides is 1. The van der Waals surface area contributed by atoms with Crippen LogP contribution in [0.1, 0.15) is 21.6 Å². The van der Waals surface area contributed by atoms with Gasteiger partial charge < -0.3 is 19.5 Å². The number of para-hydroxylation sites is 2. The molecule has 4 aromatic rings. The lowest BCUT2D eigenvalue weighted by Gasteiger charge is -2.36. The average Bonchev–Trinajstić information content (AvgIpc) is 3.27. The molecule has 178 valence electrons. The molecule has 0 saturated carbocycles.